The summed E-state index contributed by atoms with van der Waals surface area (Å²) in [5.41, 5.74) is -0.435. The Morgan fingerprint density at radius 1 is 0.941 bits per heavy atom. The Hall–Kier alpha value is -3.00. The van der Waals surface area contributed by atoms with Gasteiger partial charge in [0.1, 0.15) is 17.4 Å². The minimum Gasteiger partial charge on any atom is -0.453 e. The van der Waals surface area contributed by atoms with Gasteiger partial charge in [-0.05, 0) is 64.0 Å². The zero-order valence-electron chi connectivity index (χ0n) is 20.1. The fourth-order valence-corrected chi connectivity index (χ4v) is 3.74. The molecule has 3 aromatic rings. The fraction of sp³-hybridized carbons (Fsp3) is 0.423. The minimum absolute atomic E-state index is 0.00632. The molecule has 34 heavy (non-hydrogen) atoms. The van der Waals surface area contributed by atoms with Crippen LogP contribution in [0.5, 0.6) is 0 Å². The van der Waals surface area contributed by atoms with Gasteiger partial charge in [-0.2, -0.15) is 0 Å². The van der Waals surface area contributed by atoms with Crippen molar-refractivity contribution < 1.29 is 17.6 Å². The van der Waals surface area contributed by atoms with Crippen molar-refractivity contribution in [2.24, 2.45) is 5.92 Å². The molecule has 8 heteroatoms. The Bertz CT molecular complexity index is 1190. The number of benzene rings is 2. The normalized spacial score (nSPS) is 11.6. The molecular weight excluding hydrogens is 443 g/mol. The van der Waals surface area contributed by atoms with Crippen LogP contribution in [0.4, 0.5) is 24.5 Å². The molecule has 184 valence electrons. The number of rotatable bonds is 11. The van der Waals surface area contributed by atoms with Crippen molar-refractivity contribution in [3.05, 3.63) is 58.0 Å². The van der Waals surface area contributed by atoms with Gasteiger partial charge in [-0.3, -0.25) is 4.79 Å². The van der Waals surface area contributed by atoms with Crippen LogP contribution >= 0.6 is 0 Å². The summed E-state index contributed by atoms with van der Waals surface area (Å²) in [7, 11) is 3.94. The van der Waals surface area contributed by atoms with E-state index in [0.717, 1.165) is 31.9 Å². The van der Waals surface area contributed by atoms with E-state index in [9.17, 15) is 18.0 Å². The number of anilines is 2. The summed E-state index contributed by atoms with van der Waals surface area (Å²) in [6.07, 6.45) is 2.55. The van der Waals surface area contributed by atoms with Crippen molar-refractivity contribution in [2.75, 3.05) is 44.4 Å². The molecule has 0 unspecified atom stereocenters. The Balaban J connectivity index is 1.88. The lowest BCUT2D eigenvalue weighted by Crippen LogP contribution is -2.16. The molecular formula is C26H32F3N3O2. The van der Waals surface area contributed by atoms with Crippen molar-refractivity contribution in [1.29, 1.82) is 0 Å². The second-order valence-electron chi connectivity index (χ2n) is 9.14. The van der Waals surface area contributed by atoms with E-state index >= 15 is 0 Å². The maximum Gasteiger partial charge on any atom is 0.195 e. The van der Waals surface area contributed by atoms with Crippen LogP contribution in [0.25, 0.3) is 22.3 Å². The summed E-state index contributed by atoms with van der Waals surface area (Å²) in [5.74, 6) is -1.86. The summed E-state index contributed by atoms with van der Waals surface area (Å²) in [6.45, 7) is 6.07. The van der Waals surface area contributed by atoms with Gasteiger partial charge in [0.05, 0.1) is 16.8 Å². The van der Waals surface area contributed by atoms with Gasteiger partial charge in [-0.15, -0.1) is 0 Å². The maximum absolute atomic E-state index is 14.6. The topological polar surface area (TPSA) is 57.5 Å². The van der Waals surface area contributed by atoms with Gasteiger partial charge in [-0.1, -0.05) is 13.8 Å². The number of hydrogen-bond donors (Lipinski definition) is 2. The summed E-state index contributed by atoms with van der Waals surface area (Å²) in [4.78, 5) is 14.9. The minimum atomic E-state index is -0.987. The number of fused-ring (bicyclic) bond motifs is 1. The summed E-state index contributed by atoms with van der Waals surface area (Å²) in [5, 5.41) is 5.76. The quantitative estimate of drug-likeness (QED) is 0.329. The van der Waals surface area contributed by atoms with Crippen molar-refractivity contribution in [1.82, 2.24) is 4.90 Å². The van der Waals surface area contributed by atoms with E-state index in [1.807, 2.05) is 19.0 Å². The number of hydrogen-bond acceptors (Lipinski definition) is 5. The highest BCUT2D eigenvalue weighted by Crippen LogP contribution is 2.31. The van der Waals surface area contributed by atoms with Crippen LogP contribution < -0.4 is 16.1 Å². The van der Waals surface area contributed by atoms with Gasteiger partial charge in [0.2, 0.25) is 0 Å². The molecule has 0 radical (unpaired) electrons. The predicted molar refractivity (Wildman–Crippen MR) is 132 cm³/mol. The van der Waals surface area contributed by atoms with E-state index in [4.69, 9.17) is 4.42 Å². The van der Waals surface area contributed by atoms with Gasteiger partial charge in [0.25, 0.3) is 0 Å². The van der Waals surface area contributed by atoms with E-state index in [-0.39, 0.29) is 28.0 Å². The van der Waals surface area contributed by atoms with Gasteiger partial charge in [-0.25, -0.2) is 13.2 Å². The van der Waals surface area contributed by atoms with Gasteiger partial charge in [0, 0.05) is 30.8 Å². The molecule has 0 fully saturated rings. The first-order valence-corrected chi connectivity index (χ1v) is 11.6. The van der Waals surface area contributed by atoms with E-state index < -0.39 is 22.9 Å². The molecule has 1 aromatic heterocycles. The highest BCUT2D eigenvalue weighted by atomic mass is 19.1. The maximum atomic E-state index is 14.6. The van der Waals surface area contributed by atoms with Crippen LogP contribution in [0, 0.1) is 23.4 Å². The number of nitrogens with one attached hydrogen (secondary N) is 2. The molecule has 0 aliphatic rings. The lowest BCUT2D eigenvalue weighted by Gasteiger charge is -2.13. The number of nitrogens with zero attached hydrogens (tertiary/aromatic N) is 1. The molecule has 0 spiro atoms. The van der Waals surface area contributed by atoms with Crippen LogP contribution in [-0.2, 0) is 0 Å². The Kier molecular flexibility index (Phi) is 8.61. The average molecular weight is 476 g/mol. The molecule has 2 N–H and O–H groups in total. The smallest absolute Gasteiger partial charge is 0.195 e. The molecule has 0 bridgehead atoms. The van der Waals surface area contributed by atoms with Crippen molar-refractivity contribution in [3.8, 4) is 11.3 Å². The second kappa shape index (κ2) is 11.4. The van der Waals surface area contributed by atoms with Crippen LogP contribution in [0.1, 0.15) is 33.1 Å². The Labute approximate surface area is 198 Å². The lowest BCUT2D eigenvalue weighted by atomic mass is 10.1. The first kappa shape index (κ1) is 25.6. The monoisotopic (exact) mass is 475 g/mol. The molecule has 0 amide bonds. The molecule has 5 nitrogen and oxygen atoms in total. The third-order valence-electron chi connectivity index (χ3n) is 5.52. The first-order valence-electron chi connectivity index (χ1n) is 11.6. The van der Waals surface area contributed by atoms with Crippen LogP contribution in [0.2, 0.25) is 0 Å². The Morgan fingerprint density at radius 2 is 1.68 bits per heavy atom. The first-order chi connectivity index (χ1) is 16.2. The molecule has 0 saturated carbocycles. The van der Waals surface area contributed by atoms with E-state index in [1.165, 1.54) is 6.07 Å². The molecule has 0 aliphatic heterocycles. The summed E-state index contributed by atoms with van der Waals surface area (Å²) in [6, 6.07) is 6.20. The standard InChI is InChI=1S/C26H32F3N3O2/c1-16(2)7-5-10-31-25-19(28)14-20(29)26-24(25)22(33)15-23(34-26)17-8-9-21(18(27)13-17)30-11-6-12-32(3)4/h8-9,13-16,30-31H,5-7,10-12H2,1-4H3. The molecule has 2 aromatic carbocycles. The molecule has 0 saturated heterocycles. The zero-order chi connectivity index (χ0) is 24.8. The number of halogens is 3. The largest absolute Gasteiger partial charge is 0.453 e. The van der Waals surface area contributed by atoms with Crippen molar-refractivity contribution in [3.63, 3.8) is 0 Å². The summed E-state index contributed by atoms with van der Waals surface area (Å²) < 4.78 is 49.4. The average Bonchev–Trinajstić information content (AvgIpc) is 2.76. The van der Waals surface area contributed by atoms with E-state index in [2.05, 4.69) is 24.5 Å². The lowest BCUT2D eigenvalue weighted by molar-refractivity contribution is 0.405. The SMILES string of the molecule is CC(C)CCCNc1c(F)cc(F)c2oc(-c3ccc(NCCCN(C)C)c(F)c3)cc(=O)c12. The van der Waals surface area contributed by atoms with E-state index in [1.54, 1.807) is 12.1 Å². The molecule has 1 heterocycles. The van der Waals surface area contributed by atoms with E-state index in [0.29, 0.717) is 30.8 Å². The van der Waals surface area contributed by atoms with Gasteiger partial charge in [0.15, 0.2) is 16.8 Å². The molecule has 0 atom stereocenters. The van der Waals surface area contributed by atoms with Gasteiger partial charge < -0.3 is 20.0 Å². The van der Waals surface area contributed by atoms with Gasteiger partial charge >= 0.3 is 0 Å². The fourth-order valence-electron chi connectivity index (χ4n) is 3.74. The molecule has 0 aliphatic carbocycles. The van der Waals surface area contributed by atoms with Crippen LogP contribution in [0.3, 0.4) is 0 Å². The third kappa shape index (κ3) is 6.32. The Morgan fingerprint density at radius 3 is 2.35 bits per heavy atom. The third-order valence-corrected chi connectivity index (χ3v) is 5.52. The van der Waals surface area contributed by atoms with Crippen LogP contribution in [-0.4, -0.2) is 38.6 Å². The zero-order valence-corrected chi connectivity index (χ0v) is 20.1. The highest BCUT2D eigenvalue weighted by Gasteiger charge is 2.19. The second-order valence-corrected chi connectivity index (χ2v) is 9.14. The predicted octanol–water partition coefficient (Wildman–Crippen LogP) is 6.09. The van der Waals surface area contributed by atoms with Crippen molar-refractivity contribution >= 4 is 22.3 Å². The van der Waals surface area contributed by atoms with Crippen molar-refractivity contribution in [2.45, 2.75) is 33.1 Å². The molecule has 3 rings (SSSR count). The highest BCUT2D eigenvalue weighted by molar-refractivity contribution is 5.91. The van der Waals surface area contributed by atoms with Crippen LogP contribution in [0.15, 0.2) is 39.5 Å². The summed E-state index contributed by atoms with van der Waals surface area (Å²) >= 11 is 0.